The van der Waals surface area contributed by atoms with Gasteiger partial charge in [0.15, 0.2) is 0 Å². The Kier molecular flexibility index (Phi) is 3.88. The van der Waals surface area contributed by atoms with Crippen LogP contribution < -0.4 is 4.74 Å². The first-order valence-electron chi connectivity index (χ1n) is 7.11. The van der Waals surface area contributed by atoms with Crippen LogP contribution >= 0.6 is 11.8 Å². The van der Waals surface area contributed by atoms with Gasteiger partial charge in [0.1, 0.15) is 11.5 Å². The van der Waals surface area contributed by atoms with E-state index < -0.39 is 0 Å². The molecule has 1 amide bonds. The highest BCUT2D eigenvalue weighted by Crippen LogP contribution is 2.46. The van der Waals surface area contributed by atoms with Gasteiger partial charge in [-0.1, -0.05) is 23.9 Å². The van der Waals surface area contributed by atoms with E-state index in [9.17, 15) is 4.79 Å². The lowest BCUT2D eigenvalue weighted by Crippen LogP contribution is -2.30. The summed E-state index contributed by atoms with van der Waals surface area (Å²) in [6, 6.07) is 13.6. The Hall–Kier alpha value is -1.94. The van der Waals surface area contributed by atoms with Gasteiger partial charge in [-0.05, 0) is 44.2 Å². The molecule has 0 unspecified atom stereocenters. The highest BCUT2D eigenvalue weighted by molar-refractivity contribution is 7.99. The molecule has 0 aliphatic carbocycles. The molecular formula is C17H17NO2S. The lowest BCUT2D eigenvalue weighted by atomic mass is 10.2. The predicted octanol–water partition coefficient (Wildman–Crippen LogP) is 4.43. The summed E-state index contributed by atoms with van der Waals surface area (Å²) in [5, 5.41) is 0. The smallest absolute Gasteiger partial charge is 0.253 e. The number of fused-ring (bicyclic) bond motifs is 2. The second-order valence-electron chi connectivity index (χ2n) is 4.79. The molecule has 108 valence electrons. The zero-order chi connectivity index (χ0) is 14.8. The van der Waals surface area contributed by atoms with E-state index in [1.54, 1.807) is 11.8 Å². The van der Waals surface area contributed by atoms with E-state index in [1.807, 2.05) is 61.2 Å². The molecular weight excluding hydrogens is 282 g/mol. The van der Waals surface area contributed by atoms with Gasteiger partial charge in [0.25, 0.3) is 5.91 Å². The van der Waals surface area contributed by atoms with Crippen molar-refractivity contribution in [3.8, 4) is 11.5 Å². The van der Waals surface area contributed by atoms with Crippen molar-refractivity contribution in [3.05, 3.63) is 48.0 Å². The fourth-order valence-electron chi connectivity index (χ4n) is 2.35. The molecule has 0 radical (unpaired) electrons. The highest BCUT2D eigenvalue weighted by atomic mass is 32.2. The minimum absolute atomic E-state index is 0.0512. The Morgan fingerprint density at radius 2 is 1.76 bits per heavy atom. The fourth-order valence-corrected chi connectivity index (χ4v) is 3.29. The summed E-state index contributed by atoms with van der Waals surface area (Å²) in [5.74, 6) is 1.66. The standard InChI is InChI=1S/C17H17NO2S/c1-3-18(4-2)17(19)12-9-10-16-14(11-12)20-13-7-5-6-8-15(13)21-16/h5-11H,3-4H2,1-2H3. The first-order valence-corrected chi connectivity index (χ1v) is 7.92. The van der Waals surface area contributed by atoms with Gasteiger partial charge in [0.05, 0.1) is 9.79 Å². The van der Waals surface area contributed by atoms with E-state index in [4.69, 9.17) is 4.74 Å². The van der Waals surface area contributed by atoms with Gasteiger partial charge in [-0.2, -0.15) is 0 Å². The van der Waals surface area contributed by atoms with Gasteiger partial charge < -0.3 is 9.64 Å². The quantitative estimate of drug-likeness (QED) is 0.716. The van der Waals surface area contributed by atoms with Crippen LogP contribution in [0.15, 0.2) is 52.3 Å². The number of carbonyl (C=O) groups excluding carboxylic acids is 1. The topological polar surface area (TPSA) is 29.5 Å². The summed E-state index contributed by atoms with van der Waals surface area (Å²) in [6.07, 6.45) is 0. The largest absolute Gasteiger partial charge is 0.455 e. The van der Waals surface area contributed by atoms with Crippen molar-refractivity contribution < 1.29 is 9.53 Å². The Balaban J connectivity index is 1.92. The van der Waals surface area contributed by atoms with E-state index in [1.165, 1.54) is 0 Å². The SMILES string of the molecule is CCN(CC)C(=O)c1ccc2c(c1)Oc1ccccc1S2. The summed E-state index contributed by atoms with van der Waals surface area (Å²) < 4.78 is 5.92. The van der Waals surface area contributed by atoms with Crippen LogP contribution in [0, 0.1) is 0 Å². The third-order valence-corrected chi connectivity index (χ3v) is 4.64. The van der Waals surface area contributed by atoms with Crippen molar-refractivity contribution in [1.29, 1.82) is 0 Å². The highest BCUT2D eigenvalue weighted by Gasteiger charge is 2.20. The first-order chi connectivity index (χ1) is 10.2. The van der Waals surface area contributed by atoms with Crippen LogP contribution in [0.3, 0.4) is 0 Å². The van der Waals surface area contributed by atoms with E-state index >= 15 is 0 Å². The number of rotatable bonds is 3. The van der Waals surface area contributed by atoms with Crippen LogP contribution in [0.1, 0.15) is 24.2 Å². The zero-order valence-corrected chi connectivity index (χ0v) is 12.9. The van der Waals surface area contributed by atoms with Gasteiger partial charge in [-0.25, -0.2) is 0 Å². The van der Waals surface area contributed by atoms with Crippen LogP contribution in [-0.2, 0) is 0 Å². The van der Waals surface area contributed by atoms with E-state index in [0.717, 1.165) is 21.3 Å². The monoisotopic (exact) mass is 299 g/mol. The molecule has 0 atom stereocenters. The number of benzene rings is 2. The number of amides is 1. The molecule has 3 rings (SSSR count). The Bertz CT molecular complexity index is 680. The minimum atomic E-state index is 0.0512. The second-order valence-corrected chi connectivity index (χ2v) is 5.87. The van der Waals surface area contributed by atoms with Crippen molar-refractivity contribution in [2.45, 2.75) is 23.6 Å². The fraction of sp³-hybridized carbons (Fsp3) is 0.235. The van der Waals surface area contributed by atoms with Gasteiger partial charge in [0, 0.05) is 18.7 Å². The summed E-state index contributed by atoms with van der Waals surface area (Å²) in [7, 11) is 0. The Morgan fingerprint density at radius 3 is 2.52 bits per heavy atom. The lowest BCUT2D eigenvalue weighted by Gasteiger charge is -2.22. The molecule has 2 aromatic carbocycles. The summed E-state index contributed by atoms with van der Waals surface area (Å²) in [5.41, 5.74) is 0.678. The predicted molar refractivity (Wildman–Crippen MR) is 84.3 cm³/mol. The summed E-state index contributed by atoms with van der Waals surface area (Å²) >= 11 is 1.67. The Morgan fingerprint density at radius 1 is 1.05 bits per heavy atom. The number of para-hydroxylation sites is 1. The van der Waals surface area contributed by atoms with Gasteiger partial charge in [-0.15, -0.1) is 0 Å². The molecule has 0 spiro atoms. The lowest BCUT2D eigenvalue weighted by molar-refractivity contribution is 0.0772. The van der Waals surface area contributed by atoms with E-state index in [-0.39, 0.29) is 5.91 Å². The maximum atomic E-state index is 12.4. The maximum absolute atomic E-state index is 12.4. The normalized spacial score (nSPS) is 12.1. The second kappa shape index (κ2) is 5.82. The average Bonchev–Trinajstić information content (AvgIpc) is 2.53. The molecule has 1 heterocycles. The van der Waals surface area contributed by atoms with Gasteiger partial charge in [-0.3, -0.25) is 4.79 Å². The van der Waals surface area contributed by atoms with Crippen molar-refractivity contribution in [2.75, 3.05) is 13.1 Å². The molecule has 0 saturated heterocycles. The molecule has 0 N–H and O–H groups in total. The molecule has 0 aromatic heterocycles. The van der Waals surface area contributed by atoms with Crippen molar-refractivity contribution in [2.24, 2.45) is 0 Å². The van der Waals surface area contributed by atoms with Crippen LogP contribution in [-0.4, -0.2) is 23.9 Å². The van der Waals surface area contributed by atoms with Crippen molar-refractivity contribution >= 4 is 17.7 Å². The number of hydrogen-bond donors (Lipinski definition) is 0. The van der Waals surface area contributed by atoms with Crippen LogP contribution in [0.2, 0.25) is 0 Å². The minimum Gasteiger partial charge on any atom is -0.455 e. The first kappa shape index (κ1) is 14.0. The van der Waals surface area contributed by atoms with Crippen LogP contribution in [0.5, 0.6) is 11.5 Å². The number of hydrogen-bond acceptors (Lipinski definition) is 3. The third kappa shape index (κ3) is 2.63. The van der Waals surface area contributed by atoms with Crippen LogP contribution in [0.4, 0.5) is 0 Å². The number of ether oxygens (including phenoxy) is 1. The maximum Gasteiger partial charge on any atom is 0.253 e. The van der Waals surface area contributed by atoms with Crippen molar-refractivity contribution in [3.63, 3.8) is 0 Å². The molecule has 21 heavy (non-hydrogen) atoms. The summed E-state index contributed by atoms with van der Waals surface area (Å²) in [4.78, 5) is 16.4. The molecule has 4 heteroatoms. The van der Waals surface area contributed by atoms with Gasteiger partial charge >= 0.3 is 0 Å². The Labute approximate surface area is 128 Å². The number of carbonyl (C=O) groups is 1. The molecule has 0 bridgehead atoms. The molecule has 1 aliphatic heterocycles. The van der Waals surface area contributed by atoms with E-state index in [0.29, 0.717) is 18.7 Å². The van der Waals surface area contributed by atoms with Gasteiger partial charge in [0.2, 0.25) is 0 Å². The third-order valence-electron chi connectivity index (χ3n) is 3.53. The molecule has 0 fully saturated rings. The molecule has 2 aromatic rings. The van der Waals surface area contributed by atoms with Crippen LogP contribution in [0.25, 0.3) is 0 Å². The number of nitrogens with zero attached hydrogens (tertiary/aromatic N) is 1. The molecule has 3 nitrogen and oxygen atoms in total. The average molecular weight is 299 g/mol. The zero-order valence-electron chi connectivity index (χ0n) is 12.1. The molecule has 1 aliphatic rings. The van der Waals surface area contributed by atoms with Crippen molar-refractivity contribution in [1.82, 2.24) is 4.90 Å². The van der Waals surface area contributed by atoms with E-state index in [2.05, 4.69) is 0 Å². The summed E-state index contributed by atoms with van der Waals surface area (Å²) in [6.45, 7) is 5.40. The molecule has 0 saturated carbocycles.